The molecule has 0 bridgehead atoms. The summed E-state index contributed by atoms with van der Waals surface area (Å²) in [6, 6.07) is 12.7. The molecule has 6 heteroatoms. The van der Waals surface area contributed by atoms with Gasteiger partial charge < -0.3 is 19.3 Å². The summed E-state index contributed by atoms with van der Waals surface area (Å²) in [6.45, 7) is 3.60. The molecule has 2 aromatic carbocycles. The molecule has 0 atom stereocenters. The lowest BCUT2D eigenvalue weighted by molar-refractivity contribution is -0.134. The number of para-hydroxylation sites is 1. The zero-order valence-corrected chi connectivity index (χ0v) is 15.7. The zero-order valence-electron chi connectivity index (χ0n) is 15.7. The molecule has 146 valence electrons. The maximum atomic E-state index is 14.0. The minimum Gasteiger partial charge on any atom is -0.486 e. The highest BCUT2D eigenvalue weighted by Crippen LogP contribution is 2.51. The Morgan fingerprint density at radius 3 is 2.36 bits per heavy atom. The second-order valence-electron chi connectivity index (χ2n) is 7.67. The van der Waals surface area contributed by atoms with Crippen LogP contribution in [0.15, 0.2) is 42.5 Å². The fourth-order valence-electron chi connectivity index (χ4n) is 4.25. The van der Waals surface area contributed by atoms with E-state index in [1.54, 1.807) is 12.1 Å². The lowest BCUT2D eigenvalue weighted by atomic mass is 9.93. The fraction of sp³-hybridized carbons (Fsp3) is 0.409. The van der Waals surface area contributed by atoms with Gasteiger partial charge in [-0.15, -0.1) is 0 Å². The average Bonchev–Trinajstić information content (AvgIpc) is 3.55. The molecule has 0 aromatic heterocycles. The molecule has 28 heavy (non-hydrogen) atoms. The van der Waals surface area contributed by atoms with Crippen LogP contribution in [-0.4, -0.2) is 50.2 Å². The molecule has 0 spiro atoms. The quantitative estimate of drug-likeness (QED) is 0.819. The monoisotopic (exact) mass is 382 g/mol. The molecule has 1 saturated carbocycles. The molecule has 1 saturated heterocycles. The number of carbonyl (C=O) groups is 1. The molecule has 2 heterocycles. The Morgan fingerprint density at radius 2 is 1.64 bits per heavy atom. The lowest BCUT2D eigenvalue weighted by Gasteiger charge is -2.38. The number of hydrogen-bond acceptors (Lipinski definition) is 4. The number of ether oxygens (including phenoxy) is 2. The first-order valence-electron chi connectivity index (χ1n) is 9.86. The van der Waals surface area contributed by atoms with E-state index >= 15 is 0 Å². The van der Waals surface area contributed by atoms with Gasteiger partial charge in [0.1, 0.15) is 19.0 Å². The maximum Gasteiger partial charge on any atom is 0.233 e. The Kier molecular flexibility index (Phi) is 4.14. The van der Waals surface area contributed by atoms with Gasteiger partial charge in [-0.1, -0.05) is 18.2 Å². The predicted molar refractivity (Wildman–Crippen MR) is 104 cm³/mol. The number of fused-ring (bicyclic) bond motifs is 1. The molecule has 1 amide bonds. The van der Waals surface area contributed by atoms with Crippen molar-refractivity contribution in [3.8, 4) is 11.5 Å². The van der Waals surface area contributed by atoms with Crippen LogP contribution in [0.5, 0.6) is 11.5 Å². The minimum atomic E-state index is -0.435. The third-order valence-electron chi connectivity index (χ3n) is 6.01. The van der Waals surface area contributed by atoms with Crippen molar-refractivity contribution in [1.82, 2.24) is 4.90 Å². The summed E-state index contributed by atoms with van der Waals surface area (Å²) in [5.74, 6) is 1.44. The number of carbonyl (C=O) groups excluding carboxylic acids is 1. The number of anilines is 1. The largest absolute Gasteiger partial charge is 0.486 e. The van der Waals surface area contributed by atoms with E-state index in [9.17, 15) is 9.18 Å². The maximum absolute atomic E-state index is 14.0. The van der Waals surface area contributed by atoms with E-state index in [4.69, 9.17) is 9.47 Å². The van der Waals surface area contributed by atoms with Crippen LogP contribution in [0.25, 0.3) is 0 Å². The van der Waals surface area contributed by atoms with E-state index in [1.165, 1.54) is 6.07 Å². The Morgan fingerprint density at radius 1 is 0.929 bits per heavy atom. The van der Waals surface area contributed by atoms with Gasteiger partial charge in [-0.25, -0.2) is 4.39 Å². The molecular weight excluding hydrogens is 359 g/mol. The third kappa shape index (κ3) is 2.87. The Bertz CT molecular complexity index is 904. The molecule has 5 rings (SSSR count). The SMILES string of the molecule is O=C(N1CCN(c2ccccc2F)CC1)C1(c2ccc3c(c2)OCCO3)CC1. The molecule has 2 aliphatic heterocycles. The van der Waals surface area contributed by atoms with Crippen LogP contribution in [-0.2, 0) is 10.2 Å². The minimum absolute atomic E-state index is 0.178. The van der Waals surface area contributed by atoms with Crippen molar-refractivity contribution in [2.75, 3.05) is 44.3 Å². The summed E-state index contributed by atoms with van der Waals surface area (Å²) in [4.78, 5) is 17.3. The topological polar surface area (TPSA) is 42.0 Å². The first-order valence-corrected chi connectivity index (χ1v) is 9.86. The van der Waals surface area contributed by atoms with E-state index in [1.807, 2.05) is 34.1 Å². The number of rotatable bonds is 3. The third-order valence-corrected chi connectivity index (χ3v) is 6.01. The number of hydrogen-bond donors (Lipinski definition) is 0. The Labute approximate surface area is 163 Å². The molecule has 0 N–H and O–H groups in total. The predicted octanol–water partition coefficient (Wildman–Crippen LogP) is 2.98. The van der Waals surface area contributed by atoms with Crippen LogP contribution in [0, 0.1) is 5.82 Å². The molecular formula is C22H23FN2O3. The molecule has 1 aliphatic carbocycles. The van der Waals surface area contributed by atoms with E-state index in [0.717, 1.165) is 29.9 Å². The van der Waals surface area contributed by atoms with Gasteiger partial charge in [0, 0.05) is 26.2 Å². The van der Waals surface area contributed by atoms with Crippen LogP contribution >= 0.6 is 0 Å². The van der Waals surface area contributed by atoms with Crippen molar-refractivity contribution in [3.63, 3.8) is 0 Å². The lowest BCUT2D eigenvalue weighted by Crippen LogP contribution is -2.51. The van der Waals surface area contributed by atoms with E-state index in [2.05, 4.69) is 0 Å². The number of benzene rings is 2. The summed E-state index contributed by atoms with van der Waals surface area (Å²) in [6.07, 6.45) is 1.72. The van der Waals surface area contributed by atoms with Crippen molar-refractivity contribution < 1.29 is 18.7 Å². The van der Waals surface area contributed by atoms with Crippen molar-refractivity contribution in [3.05, 3.63) is 53.8 Å². The van der Waals surface area contributed by atoms with Crippen molar-refractivity contribution in [2.45, 2.75) is 18.3 Å². The Balaban J connectivity index is 1.30. The molecule has 3 aliphatic rings. The molecule has 5 nitrogen and oxygen atoms in total. The van der Waals surface area contributed by atoms with Crippen LogP contribution in [0.4, 0.5) is 10.1 Å². The first kappa shape index (κ1) is 17.3. The van der Waals surface area contributed by atoms with Gasteiger partial charge in [0.05, 0.1) is 11.1 Å². The standard InChI is InChI=1S/C22H23FN2O3/c23-17-3-1-2-4-18(17)24-9-11-25(12-10-24)21(26)22(7-8-22)16-5-6-19-20(15-16)28-14-13-27-19/h1-6,15H,7-14H2. The summed E-state index contributed by atoms with van der Waals surface area (Å²) >= 11 is 0. The van der Waals surface area contributed by atoms with Crippen LogP contribution in [0.1, 0.15) is 18.4 Å². The van der Waals surface area contributed by atoms with Gasteiger partial charge in [-0.05, 0) is 42.7 Å². The second-order valence-corrected chi connectivity index (χ2v) is 7.67. The number of piperazine rings is 1. The average molecular weight is 382 g/mol. The van der Waals surface area contributed by atoms with Gasteiger partial charge >= 0.3 is 0 Å². The summed E-state index contributed by atoms with van der Waals surface area (Å²) < 4.78 is 25.3. The number of amides is 1. The first-order chi connectivity index (χ1) is 13.7. The van der Waals surface area contributed by atoms with Crippen molar-refractivity contribution in [2.24, 2.45) is 0 Å². The summed E-state index contributed by atoms with van der Waals surface area (Å²) in [7, 11) is 0. The smallest absolute Gasteiger partial charge is 0.233 e. The molecule has 0 unspecified atom stereocenters. The van der Waals surface area contributed by atoms with E-state index < -0.39 is 5.41 Å². The van der Waals surface area contributed by atoms with Crippen LogP contribution < -0.4 is 14.4 Å². The summed E-state index contributed by atoms with van der Waals surface area (Å²) in [5, 5.41) is 0. The van der Waals surface area contributed by atoms with Crippen LogP contribution in [0.2, 0.25) is 0 Å². The van der Waals surface area contributed by atoms with E-state index in [-0.39, 0.29) is 11.7 Å². The van der Waals surface area contributed by atoms with Crippen molar-refractivity contribution >= 4 is 11.6 Å². The highest BCUT2D eigenvalue weighted by molar-refractivity contribution is 5.91. The highest BCUT2D eigenvalue weighted by atomic mass is 19.1. The molecule has 2 fully saturated rings. The van der Waals surface area contributed by atoms with Gasteiger partial charge in [0.2, 0.25) is 5.91 Å². The highest BCUT2D eigenvalue weighted by Gasteiger charge is 2.53. The molecule has 2 aromatic rings. The number of halogens is 1. The van der Waals surface area contributed by atoms with Gasteiger partial charge in [0.15, 0.2) is 11.5 Å². The summed E-state index contributed by atoms with van der Waals surface area (Å²) in [5.41, 5.74) is 1.19. The fourth-order valence-corrected chi connectivity index (χ4v) is 4.25. The molecule has 0 radical (unpaired) electrons. The van der Waals surface area contributed by atoms with Gasteiger partial charge in [-0.2, -0.15) is 0 Å². The normalized spacial score (nSPS) is 20.0. The number of nitrogens with zero attached hydrogens (tertiary/aromatic N) is 2. The van der Waals surface area contributed by atoms with E-state index in [0.29, 0.717) is 45.1 Å². The van der Waals surface area contributed by atoms with Gasteiger partial charge in [0.25, 0.3) is 0 Å². The van der Waals surface area contributed by atoms with Crippen molar-refractivity contribution in [1.29, 1.82) is 0 Å². The second kappa shape index (κ2) is 6.69. The Hall–Kier alpha value is -2.76. The van der Waals surface area contributed by atoms with Gasteiger partial charge in [-0.3, -0.25) is 4.79 Å². The van der Waals surface area contributed by atoms with Crippen LogP contribution in [0.3, 0.4) is 0 Å². The zero-order chi connectivity index (χ0) is 19.1.